The number of carboxylic acid groups (broad SMARTS) is 1. The first-order chi connectivity index (χ1) is 11.2. The lowest BCUT2D eigenvalue weighted by Crippen LogP contribution is -2.57. The van der Waals surface area contributed by atoms with E-state index in [1.54, 1.807) is 6.07 Å². The highest BCUT2D eigenvalue weighted by Gasteiger charge is 2.34. The van der Waals surface area contributed by atoms with Crippen LogP contribution in [0.25, 0.3) is 0 Å². The van der Waals surface area contributed by atoms with Crippen LogP contribution in [0.1, 0.15) is 42.6 Å². The van der Waals surface area contributed by atoms with Gasteiger partial charge < -0.3 is 15.3 Å². The van der Waals surface area contributed by atoms with Gasteiger partial charge in [-0.25, -0.2) is 4.79 Å². The molecule has 23 heavy (non-hydrogen) atoms. The van der Waals surface area contributed by atoms with E-state index in [4.69, 9.17) is 5.11 Å². The molecule has 0 radical (unpaired) electrons. The number of aromatic carboxylic acids is 1. The highest BCUT2D eigenvalue weighted by Crippen LogP contribution is 2.27. The van der Waals surface area contributed by atoms with E-state index in [0.29, 0.717) is 18.9 Å². The summed E-state index contributed by atoms with van der Waals surface area (Å²) in [4.78, 5) is 25.7. The van der Waals surface area contributed by atoms with Crippen molar-refractivity contribution in [3.63, 3.8) is 0 Å². The third kappa shape index (κ3) is 3.50. The average Bonchev–Trinajstić information content (AvgIpc) is 2.62. The number of nitrogens with one attached hydrogen (secondary N) is 1. The second-order valence-corrected chi connectivity index (χ2v) is 6.23. The molecule has 2 N–H and O–H groups in total. The summed E-state index contributed by atoms with van der Waals surface area (Å²) in [5.74, 6) is -0.103. The van der Waals surface area contributed by atoms with E-state index >= 15 is 0 Å². The van der Waals surface area contributed by atoms with E-state index in [0.717, 1.165) is 32.2 Å². The average molecular weight is 318 g/mol. The number of rotatable bonds is 4. The third-order valence-electron chi connectivity index (χ3n) is 4.74. The highest BCUT2D eigenvalue weighted by atomic mass is 16.4. The lowest BCUT2D eigenvalue weighted by atomic mass is 9.83. The van der Waals surface area contributed by atoms with Crippen LogP contribution in [0.4, 0.5) is 5.82 Å². The van der Waals surface area contributed by atoms with Crippen molar-refractivity contribution in [3.8, 4) is 0 Å². The van der Waals surface area contributed by atoms with E-state index in [1.165, 1.54) is 12.5 Å². The molecule has 0 spiro atoms. The van der Waals surface area contributed by atoms with Gasteiger partial charge in [-0.3, -0.25) is 4.79 Å². The molecule has 0 aromatic carbocycles. The molecule has 0 bridgehead atoms. The van der Waals surface area contributed by atoms with Crippen LogP contribution in [0.3, 0.4) is 0 Å². The molecule has 1 aliphatic carbocycles. The Morgan fingerprint density at radius 2 is 1.96 bits per heavy atom. The van der Waals surface area contributed by atoms with E-state index in [-0.39, 0.29) is 23.4 Å². The summed E-state index contributed by atoms with van der Waals surface area (Å²) in [5.41, 5.74) is -0.0842. The number of anilines is 1. The van der Waals surface area contributed by atoms with Gasteiger partial charge in [0.15, 0.2) is 17.3 Å². The van der Waals surface area contributed by atoms with Crippen LogP contribution in [-0.4, -0.2) is 52.7 Å². The molecule has 2 fully saturated rings. The number of piperazine rings is 1. The fraction of sp³-hybridized carbons (Fsp3) is 0.625. The first-order valence-electron chi connectivity index (χ1n) is 8.25. The monoisotopic (exact) mass is 318 g/mol. The number of nitrogens with zero attached hydrogens (tertiary/aromatic N) is 3. The van der Waals surface area contributed by atoms with Crippen molar-refractivity contribution in [3.05, 3.63) is 17.8 Å². The Bertz CT molecular complexity index is 569. The summed E-state index contributed by atoms with van der Waals surface area (Å²) in [6.07, 6.45) is 5.44. The fourth-order valence-corrected chi connectivity index (χ4v) is 3.48. The zero-order valence-electron chi connectivity index (χ0n) is 13.1. The molecule has 1 atom stereocenters. The minimum Gasteiger partial charge on any atom is -0.476 e. The van der Waals surface area contributed by atoms with E-state index in [2.05, 4.69) is 15.5 Å². The van der Waals surface area contributed by atoms with Gasteiger partial charge in [0.1, 0.15) is 6.04 Å². The smallest absolute Gasteiger partial charge is 0.356 e. The standard InChI is InChI=1S/C16H22N4O3/c21-15(11-4-2-1-3-5-11)13-10-17-8-9-20(13)14-7-6-12(16(22)23)18-19-14/h6-7,11,13,17H,1-5,8-10H2,(H,22,23). The summed E-state index contributed by atoms with van der Waals surface area (Å²) in [5, 5.41) is 19.9. The van der Waals surface area contributed by atoms with Gasteiger partial charge in [0.05, 0.1) is 0 Å². The van der Waals surface area contributed by atoms with Crippen LogP contribution in [0.15, 0.2) is 12.1 Å². The Balaban J connectivity index is 1.77. The topological polar surface area (TPSA) is 95.4 Å². The van der Waals surface area contributed by atoms with E-state index in [9.17, 15) is 9.59 Å². The van der Waals surface area contributed by atoms with Gasteiger partial charge in [-0.1, -0.05) is 19.3 Å². The van der Waals surface area contributed by atoms with Gasteiger partial charge in [-0.05, 0) is 25.0 Å². The van der Waals surface area contributed by atoms with Crippen molar-refractivity contribution in [1.29, 1.82) is 0 Å². The fourth-order valence-electron chi connectivity index (χ4n) is 3.48. The Morgan fingerprint density at radius 3 is 2.61 bits per heavy atom. The van der Waals surface area contributed by atoms with Crippen molar-refractivity contribution >= 4 is 17.6 Å². The molecule has 124 valence electrons. The lowest BCUT2D eigenvalue weighted by molar-refractivity contribution is -0.125. The molecule has 1 aromatic heterocycles. The Morgan fingerprint density at radius 1 is 1.17 bits per heavy atom. The zero-order chi connectivity index (χ0) is 16.2. The number of Topliss-reactive ketones (excluding diaryl/α,β-unsaturated/α-hetero) is 1. The highest BCUT2D eigenvalue weighted by molar-refractivity contribution is 5.90. The minimum atomic E-state index is -1.10. The number of carbonyl (C=O) groups is 2. The van der Waals surface area contributed by atoms with Gasteiger partial charge in [0.25, 0.3) is 0 Å². The van der Waals surface area contributed by atoms with Crippen molar-refractivity contribution in [2.45, 2.75) is 38.1 Å². The molecule has 7 nitrogen and oxygen atoms in total. The SMILES string of the molecule is O=C(O)c1ccc(N2CCNCC2C(=O)C2CCCCC2)nn1. The van der Waals surface area contributed by atoms with E-state index < -0.39 is 5.97 Å². The summed E-state index contributed by atoms with van der Waals surface area (Å²) >= 11 is 0. The van der Waals surface area contributed by atoms with Crippen molar-refractivity contribution < 1.29 is 14.7 Å². The summed E-state index contributed by atoms with van der Waals surface area (Å²) in [6, 6.07) is 2.84. The number of hydrogen-bond donors (Lipinski definition) is 2. The number of carbonyl (C=O) groups excluding carboxylic acids is 1. The quantitative estimate of drug-likeness (QED) is 0.858. The summed E-state index contributed by atoms with van der Waals surface area (Å²) in [6.45, 7) is 2.05. The van der Waals surface area contributed by atoms with Crippen LogP contribution in [0.5, 0.6) is 0 Å². The summed E-state index contributed by atoms with van der Waals surface area (Å²) < 4.78 is 0. The number of aromatic nitrogens is 2. The predicted octanol–water partition coefficient (Wildman–Crippen LogP) is 1.10. The second-order valence-electron chi connectivity index (χ2n) is 6.23. The number of hydrogen-bond acceptors (Lipinski definition) is 6. The Labute approximate surface area is 135 Å². The molecule has 1 aromatic rings. The van der Waals surface area contributed by atoms with Crippen molar-refractivity contribution in [1.82, 2.24) is 15.5 Å². The van der Waals surface area contributed by atoms with Gasteiger partial charge in [0, 0.05) is 25.6 Å². The Hall–Kier alpha value is -2.02. The zero-order valence-corrected chi connectivity index (χ0v) is 13.1. The largest absolute Gasteiger partial charge is 0.476 e. The molecule has 0 amide bonds. The van der Waals surface area contributed by atoms with Gasteiger partial charge in [0.2, 0.25) is 0 Å². The second kappa shape index (κ2) is 7.04. The molecule has 1 saturated heterocycles. The normalized spacial score (nSPS) is 22.8. The molecule has 3 rings (SSSR count). The maximum Gasteiger partial charge on any atom is 0.356 e. The third-order valence-corrected chi connectivity index (χ3v) is 4.74. The predicted molar refractivity (Wildman–Crippen MR) is 84.6 cm³/mol. The number of carboxylic acids is 1. The first-order valence-corrected chi connectivity index (χ1v) is 8.25. The van der Waals surface area contributed by atoms with Crippen LogP contribution in [0.2, 0.25) is 0 Å². The van der Waals surface area contributed by atoms with Crippen molar-refractivity contribution in [2.75, 3.05) is 24.5 Å². The first kappa shape index (κ1) is 15.9. The number of ketones is 1. The van der Waals surface area contributed by atoms with Crippen LogP contribution in [-0.2, 0) is 4.79 Å². The summed E-state index contributed by atoms with van der Waals surface area (Å²) in [7, 11) is 0. The molecule has 1 saturated carbocycles. The molecule has 2 heterocycles. The molecule has 1 aliphatic heterocycles. The lowest BCUT2D eigenvalue weighted by Gasteiger charge is -2.38. The Kier molecular flexibility index (Phi) is 4.85. The van der Waals surface area contributed by atoms with E-state index in [1.807, 2.05) is 4.90 Å². The van der Waals surface area contributed by atoms with Crippen LogP contribution >= 0.6 is 0 Å². The van der Waals surface area contributed by atoms with Gasteiger partial charge in [-0.2, -0.15) is 0 Å². The minimum absolute atomic E-state index is 0.0842. The van der Waals surface area contributed by atoms with Crippen LogP contribution in [0, 0.1) is 5.92 Å². The maximum absolute atomic E-state index is 12.9. The molecular weight excluding hydrogens is 296 g/mol. The molecule has 2 aliphatic rings. The van der Waals surface area contributed by atoms with Crippen molar-refractivity contribution in [2.24, 2.45) is 5.92 Å². The molecular formula is C16H22N4O3. The van der Waals surface area contributed by atoms with Crippen LogP contribution < -0.4 is 10.2 Å². The molecule has 7 heteroatoms. The molecule has 1 unspecified atom stereocenters. The maximum atomic E-state index is 12.9. The van der Waals surface area contributed by atoms with Gasteiger partial charge in [-0.15, -0.1) is 10.2 Å². The van der Waals surface area contributed by atoms with Gasteiger partial charge >= 0.3 is 5.97 Å².